The molecule has 0 spiro atoms. The minimum Gasteiger partial charge on any atom is -0.496 e. The van der Waals surface area contributed by atoms with Crippen molar-refractivity contribution in [3.05, 3.63) is 45.9 Å². The number of aromatic nitrogens is 1. The van der Waals surface area contributed by atoms with Gasteiger partial charge < -0.3 is 9.47 Å². The molecule has 1 aliphatic rings. The Morgan fingerprint density at radius 1 is 1.14 bits per heavy atom. The van der Waals surface area contributed by atoms with Crippen molar-refractivity contribution >= 4 is 29.1 Å². The molecule has 0 aliphatic heterocycles. The van der Waals surface area contributed by atoms with Gasteiger partial charge in [0.2, 0.25) is 0 Å². The summed E-state index contributed by atoms with van der Waals surface area (Å²) < 4.78 is 11.2. The highest BCUT2D eigenvalue weighted by molar-refractivity contribution is 7.07. The fourth-order valence-corrected chi connectivity index (χ4v) is 3.25. The molecule has 1 heterocycles. The largest absolute Gasteiger partial charge is 0.496 e. The van der Waals surface area contributed by atoms with Gasteiger partial charge >= 0.3 is 0 Å². The van der Waals surface area contributed by atoms with Crippen LogP contribution in [-0.4, -0.2) is 19.2 Å². The number of benzene rings is 1. The molecule has 0 bridgehead atoms. The van der Waals surface area contributed by atoms with Crippen LogP contribution in [0.25, 0.3) is 17.7 Å². The Bertz CT molecular complexity index is 677. The second-order valence-corrected chi connectivity index (χ2v) is 5.89. The number of allylic oxidation sites excluding steroid dienone is 2. The van der Waals surface area contributed by atoms with Crippen LogP contribution >= 0.6 is 11.3 Å². The Balaban J connectivity index is 1.99. The number of hydrogen-bond acceptors (Lipinski definition) is 4. The van der Waals surface area contributed by atoms with Crippen LogP contribution in [0, 0.1) is 0 Å². The Morgan fingerprint density at radius 3 is 2.45 bits per heavy atom. The third-order valence-electron chi connectivity index (χ3n) is 3.79. The molecular formula is C18H19NO2S. The zero-order valence-electron chi connectivity index (χ0n) is 12.8. The van der Waals surface area contributed by atoms with Gasteiger partial charge in [0.25, 0.3) is 0 Å². The predicted molar refractivity (Wildman–Crippen MR) is 92.4 cm³/mol. The lowest BCUT2D eigenvalue weighted by Gasteiger charge is -2.15. The molecule has 4 heteroatoms. The molecule has 0 atom stereocenters. The molecule has 114 valence electrons. The molecule has 0 radical (unpaired) electrons. The van der Waals surface area contributed by atoms with E-state index in [1.165, 1.54) is 12.0 Å². The zero-order valence-corrected chi connectivity index (χ0v) is 13.7. The molecule has 0 unspecified atom stereocenters. The fourth-order valence-electron chi connectivity index (χ4n) is 2.73. The van der Waals surface area contributed by atoms with E-state index in [4.69, 9.17) is 9.47 Å². The number of rotatable bonds is 5. The van der Waals surface area contributed by atoms with Gasteiger partial charge in [-0.25, -0.2) is 4.98 Å². The first-order valence-electron chi connectivity index (χ1n) is 7.33. The van der Waals surface area contributed by atoms with Crippen LogP contribution in [0.15, 0.2) is 29.1 Å². The average Bonchev–Trinajstić information content (AvgIpc) is 3.25. The number of thiazole rings is 1. The van der Waals surface area contributed by atoms with Crippen molar-refractivity contribution in [3.8, 4) is 11.5 Å². The third-order valence-corrected chi connectivity index (χ3v) is 4.39. The first-order valence-corrected chi connectivity index (χ1v) is 8.28. The standard InChI is InChI=1S/C18H19NO2S/c1-20-16-9-13(7-8-15-11-22-12-19-15)10-17(21-2)18(16)14-5-3-4-6-14/h5,7-12H,3-4,6H2,1-2H3/b8-7+. The van der Waals surface area contributed by atoms with E-state index in [0.717, 1.165) is 41.2 Å². The third kappa shape index (κ3) is 3.07. The van der Waals surface area contributed by atoms with Crippen molar-refractivity contribution in [2.24, 2.45) is 0 Å². The van der Waals surface area contributed by atoms with Crippen LogP contribution in [0.2, 0.25) is 0 Å². The van der Waals surface area contributed by atoms with Crippen LogP contribution in [0.1, 0.15) is 36.1 Å². The minimum absolute atomic E-state index is 0.866. The van der Waals surface area contributed by atoms with E-state index in [-0.39, 0.29) is 0 Å². The number of methoxy groups -OCH3 is 2. The molecule has 3 nitrogen and oxygen atoms in total. The van der Waals surface area contributed by atoms with Crippen LogP contribution in [0.3, 0.4) is 0 Å². The summed E-state index contributed by atoms with van der Waals surface area (Å²) in [6, 6.07) is 4.11. The van der Waals surface area contributed by atoms with Crippen molar-refractivity contribution in [2.45, 2.75) is 19.3 Å². The molecule has 0 N–H and O–H groups in total. The molecule has 1 aromatic heterocycles. The molecule has 1 aliphatic carbocycles. The van der Waals surface area contributed by atoms with E-state index >= 15 is 0 Å². The first-order chi connectivity index (χ1) is 10.8. The van der Waals surface area contributed by atoms with Gasteiger partial charge in [0.1, 0.15) is 11.5 Å². The van der Waals surface area contributed by atoms with Gasteiger partial charge in [-0.05, 0) is 48.6 Å². The lowest BCUT2D eigenvalue weighted by Crippen LogP contribution is -1.97. The summed E-state index contributed by atoms with van der Waals surface area (Å²) in [5.41, 5.74) is 6.25. The minimum atomic E-state index is 0.866. The molecule has 0 saturated heterocycles. The summed E-state index contributed by atoms with van der Waals surface area (Å²) in [4.78, 5) is 4.26. The van der Waals surface area contributed by atoms with Crippen LogP contribution in [0.4, 0.5) is 0 Å². The zero-order chi connectivity index (χ0) is 15.4. The second kappa shape index (κ2) is 6.79. The van der Waals surface area contributed by atoms with Crippen molar-refractivity contribution < 1.29 is 9.47 Å². The van der Waals surface area contributed by atoms with E-state index in [2.05, 4.69) is 23.2 Å². The van der Waals surface area contributed by atoms with Gasteiger partial charge in [-0.2, -0.15) is 0 Å². The van der Waals surface area contributed by atoms with E-state index in [0.29, 0.717) is 0 Å². The molecule has 0 fully saturated rings. The first kappa shape index (κ1) is 14.9. The van der Waals surface area contributed by atoms with E-state index in [1.807, 2.05) is 23.0 Å². The SMILES string of the molecule is COc1cc(/C=C/c2cscn2)cc(OC)c1C1=CCCC1. The summed E-state index contributed by atoms with van der Waals surface area (Å²) in [6.45, 7) is 0. The molecule has 1 aromatic carbocycles. The van der Waals surface area contributed by atoms with Gasteiger partial charge in [-0.15, -0.1) is 11.3 Å². The van der Waals surface area contributed by atoms with Gasteiger partial charge in [-0.3, -0.25) is 0 Å². The Morgan fingerprint density at radius 2 is 1.91 bits per heavy atom. The summed E-state index contributed by atoms with van der Waals surface area (Å²) >= 11 is 1.59. The predicted octanol–water partition coefficient (Wildman–Crippen LogP) is 4.90. The van der Waals surface area contributed by atoms with Gasteiger partial charge in [-0.1, -0.05) is 12.2 Å². The molecule has 22 heavy (non-hydrogen) atoms. The van der Waals surface area contributed by atoms with E-state index < -0.39 is 0 Å². The lowest BCUT2D eigenvalue weighted by atomic mass is 10.00. The molecule has 0 saturated carbocycles. The van der Waals surface area contributed by atoms with Crippen molar-refractivity contribution in [2.75, 3.05) is 14.2 Å². The van der Waals surface area contributed by atoms with Gasteiger partial charge in [0.15, 0.2) is 0 Å². The summed E-state index contributed by atoms with van der Waals surface area (Å²) in [7, 11) is 3.42. The van der Waals surface area contributed by atoms with Gasteiger partial charge in [0, 0.05) is 5.38 Å². The van der Waals surface area contributed by atoms with E-state index in [1.54, 1.807) is 25.6 Å². The summed E-state index contributed by atoms with van der Waals surface area (Å²) in [6.07, 6.45) is 9.73. The summed E-state index contributed by atoms with van der Waals surface area (Å²) in [5, 5.41) is 2.02. The maximum Gasteiger partial charge on any atom is 0.130 e. The quantitative estimate of drug-likeness (QED) is 0.787. The molecule has 0 amide bonds. The number of ether oxygens (including phenoxy) is 2. The molecule has 3 rings (SSSR count). The van der Waals surface area contributed by atoms with Gasteiger partial charge in [0.05, 0.1) is 31.0 Å². The fraction of sp³-hybridized carbons (Fsp3) is 0.278. The van der Waals surface area contributed by atoms with Crippen LogP contribution < -0.4 is 9.47 Å². The maximum absolute atomic E-state index is 5.61. The Labute approximate surface area is 134 Å². The average molecular weight is 313 g/mol. The van der Waals surface area contributed by atoms with E-state index in [9.17, 15) is 0 Å². The van der Waals surface area contributed by atoms with Crippen LogP contribution in [0.5, 0.6) is 11.5 Å². The Kier molecular flexibility index (Phi) is 4.59. The highest BCUT2D eigenvalue weighted by Crippen LogP contribution is 2.41. The lowest BCUT2D eigenvalue weighted by molar-refractivity contribution is 0.391. The molecule has 2 aromatic rings. The maximum atomic E-state index is 5.61. The van der Waals surface area contributed by atoms with Crippen LogP contribution in [-0.2, 0) is 0 Å². The number of hydrogen-bond donors (Lipinski definition) is 0. The monoisotopic (exact) mass is 313 g/mol. The van der Waals surface area contributed by atoms with Crippen molar-refractivity contribution in [1.82, 2.24) is 4.98 Å². The smallest absolute Gasteiger partial charge is 0.130 e. The summed E-state index contributed by atoms with van der Waals surface area (Å²) in [5.74, 6) is 1.73. The van der Waals surface area contributed by atoms with Crippen molar-refractivity contribution in [1.29, 1.82) is 0 Å². The molecular weight excluding hydrogens is 294 g/mol. The topological polar surface area (TPSA) is 31.4 Å². The highest BCUT2D eigenvalue weighted by Gasteiger charge is 2.18. The number of nitrogens with zero attached hydrogens (tertiary/aromatic N) is 1. The normalized spacial score (nSPS) is 14.4. The highest BCUT2D eigenvalue weighted by atomic mass is 32.1. The second-order valence-electron chi connectivity index (χ2n) is 5.17. The van der Waals surface area contributed by atoms with Crippen molar-refractivity contribution in [3.63, 3.8) is 0 Å². The Hall–Kier alpha value is -2.07.